The molecule has 1 N–H and O–H groups in total. The number of nitrogens with one attached hydrogen (secondary N) is 1. The van der Waals surface area contributed by atoms with Crippen molar-refractivity contribution in [1.82, 2.24) is 0 Å². The van der Waals surface area contributed by atoms with Crippen LogP contribution in [-0.4, -0.2) is 18.1 Å². The highest BCUT2D eigenvalue weighted by atomic mass is 79.9. The number of carbonyl (C=O) groups excluding carboxylic acids is 1. The van der Waals surface area contributed by atoms with Crippen LogP contribution in [0.2, 0.25) is 0 Å². The predicted octanol–water partition coefficient (Wildman–Crippen LogP) is 3.57. The van der Waals surface area contributed by atoms with Crippen LogP contribution in [-0.2, 0) is 9.53 Å². The molecule has 0 spiro atoms. The van der Waals surface area contributed by atoms with Crippen LogP contribution in [0.3, 0.4) is 0 Å². The summed E-state index contributed by atoms with van der Waals surface area (Å²) in [5.41, 5.74) is 3.07. The van der Waals surface area contributed by atoms with Crippen LogP contribution in [0.4, 0.5) is 5.69 Å². The van der Waals surface area contributed by atoms with E-state index in [1.165, 1.54) is 5.56 Å². The largest absolute Gasteiger partial charge is 0.365 e. The first-order valence-electron chi connectivity index (χ1n) is 6.20. The average Bonchev–Trinajstić information content (AvgIpc) is 2.70. The Morgan fingerprint density at radius 3 is 2.67 bits per heavy atom. The molecule has 0 bridgehead atoms. The fourth-order valence-electron chi connectivity index (χ4n) is 2.27. The number of rotatable bonds is 2. The highest BCUT2D eigenvalue weighted by molar-refractivity contribution is 9.10. The number of amides is 1. The zero-order valence-corrected chi connectivity index (χ0v) is 12.5. The maximum absolute atomic E-state index is 12.1. The van der Waals surface area contributed by atoms with E-state index in [2.05, 4.69) is 27.3 Å². The Kier molecular flexibility index (Phi) is 4.07. The second kappa shape index (κ2) is 5.41. The molecular weight excluding hydrogens is 294 g/mol. The van der Waals surface area contributed by atoms with Crippen molar-refractivity contribution in [2.75, 3.05) is 5.32 Å². The lowest BCUT2D eigenvalue weighted by Crippen LogP contribution is -2.28. The fraction of sp³-hybridized carbons (Fsp3) is 0.500. The zero-order valence-electron chi connectivity index (χ0n) is 10.9. The van der Waals surface area contributed by atoms with E-state index in [0.29, 0.717) is 0 Å². The summed E-state index contributed by atoms with van der Waals surface area (Å²) in [7, 11) is 0. The van der Waals surface area contributed by atoms with E-state index in [1.807, 2.05) is 26.8 Å². The summed E-state index contributed by atoms with van der Waals surface area (Å²) in [4.78, 5) is 12.1. The zero-order chi connectivity index (χ0) is 13.3. The van der Waals surface area contributed by atoms with Gasteiger partial charge in [-0.05, 0) is 66.7 Å². The van der Waals surface area contributed by atoms with Crippen LogP contribution in [0.5, 0.6) is 0 Å². The SMILES string of the molecule is Cc1cc(C)c(NC(=O)C2CCC(C)O2)c(Br)c1. The lowest BCUT2D eigenvalue weighted by molar-refractivity contribution is -0.126. The van der Waals surface area contributed by atoms with Crippen LogP contribution < -0.4 is 5.32 Å². The molecule has 0 saturated carbocycles. The number of hydrogen-bond donors (Lipinski definition) is 1. The Morgan fingerprint density at radius 2 is 2.11 bits per heavy atom. The molecule has 1 aliphatic rings. The Hall–Kier alpha value is -0.870. The number of benzene rings is 1. The highest BCUT2D eigenvalue weighted by Gasteiger charge is 2.28. The second-order valence-corrected chi connectivity index (χ2v) is 5.79. The van der Waals surface area contributed by atoms with Crippen molar-refractivity contribution >= 4 is 27.5 Å². The van der Waals surface area contributed by atoms with Gasteiger partial charge >= 0.3 is 0 Å². The standard InChI is InChI=1S/C14H18BrNO2/c1-8-6-9(2)13(11(15)7-8)16-14(17)12-5-4-10(3)18-12/h6-7,10,12H,4-5H2,1-3H3,(H,16,17). The van der Waals surface area contributed by atoms with Gasteiger partial charge in [0, 0.05) is 4.47 Å². The summed E-state index contributed by atoms with van der Waals surface area (Å²) < 4.78 is 6.49. The first-order valence-corrected chi connectivity index (χ1v) is 6.99. The summed E-state index contributed by atoms with van der Waals surface area (Å²) in [6, 6.07) is 4.05. The van der Waals surface area contributed by atoms with Gasteiger partial charge in [0.2, 0.25) is 0 Å². The van der Waals surface area contributed by atoms with Gasteiger partial charge in [0.1, 0.15) is 6.10 Å². The molecule has 1 aromatic rings. The third-order valence-corrected chi connectivity index (χ3v) is 3.83. The molecule has 2 unspecified atom stereocenters. The van der Waals surface area contributed by atoms with Crippen LogP contribution in [0.15, 0.2) is 16.6 Å². The van der Waals surface area contributed by atoms with E-state index in [9.17, 15) is 4.79 Å². The molecule has 2 rings (SSSR count). The van der Waals surface area contributed by atoms with Crippen LogP contribution >= 0.6 is 15.9 Å². The molecule has 0 aromatic heterocycles. The minimum absolute atomic E-state index is 0.0491. The summed E-state index contributed by atoms with van der Waals surface area (Å²) in [5, 5.41) is 2.96. The van der Waals surface area contributed by atoms with Crippen molar-refractivity contribution in [1.29, 1.82) is 0 Å². The molecule has 18 heavy (non-hydrogen) atoms. The van der Waals surface area contributed by atoms with Crippen LogP contribution in [0.25, 0.3) is 0 Å². The molecule has 4 heteroatoms. The maximum Gasteiger partial charge on any atom is 0.253 e. The van der Waals surface area contributed by atoms with Crippen molar-refractivity contribution < 1.29 is 9.53 Å². The molecule has 0 aliphatic carbocycles. The Morgan fingerprint density at radius 1 is 1.39 bits per heavy atom. The average molecular weight is 312 g/mol. The minimum Gasteiger partial charge on any atom is -0.365 e. The third-order valence-electron chi connectivity index (χ3n) is 3.20. The van der Waals surface area contributed by atoms with Gasteiger partial charge in [-0.2, -0.15) is 0 Å². The Bertz CT molecular complexity index is 450. The second-order valence-electron chi connectivity index (χ2n) is 4.94. The van der Waals surface area contributed by atoms with Crippen molar-refractivity contribution in [2.24, 2.45) is 0 Å². The number of anilines is 1. The third kappa shape index (κ3) is 2.93. The van der Waals surface area contributed by atoms with Crippen LogP contribution in [0, 0.1) is 13.8 Å². The molecule has 1 heterocycles. The summed E-state index contributed by atoms with van der Waals surface area (Å²) in [5.74, 6) is -0.0491. The molecule has 98 valence electrons. The van der Waals surface area contributed by atoms with Gasteiger partial charge in [0.05, 0.1) is 11.8 Å². The number of hydrogen-bond acceptors (Lipinski definition) is 2. The van der Waals surface area contributed by atoms with E-state index in [0.717, 1.165) is 28.6 Å². The number of halogens is 1. The fourth-order valence-corrected chi connectivity index (χ4v) is 3.05. The summed E-state index contributed by atoms with van der Waals surface area (Å²) in [6.07, 6.45) is 1.62. The smallest absolute Gasteiger partial charge is 0.253 e. The summed E-state index contributed by atoms with van der Waals surface area (Å²) in [6.45, 7) is 6.02. The van der Waals surface area contributed by atoms with Gasteiger partial charge in [0.25, 0.3) is 5.91 Å². The van der Waals surface area contributed by atoms with Gasteiger partial charge in [-0.15, -0.1) is 0 Å². The molecule has 1 amide bonds. The van der Waals surface area contributed by atoms with E-state index >= 15 is 0 Å². The number of aryl methyl sites for hydroxylation is 2. The molecule has 3 nitrogen and oxygen atoms in total. The molecule has 1 saturated heterocycles. The van der Waals surface area contributed by atoms with E-state index in [4.69, 9.17) is 4.74 Å². The minimum atomic E-state index is -0.312. The molecule has 1 aromatic carbocycles. The van der Waals surface area contributed by atoms with Crippen LogP contribution in [0.1, 0.15) is 30.9 Å². The van der Waals surface area contributed by atoms with E-state index < -0.39 is 0 Å². The van der Waals surface area contributed by atoms with Crippen molar-refractivity contribution in [3.63, 3.8) is 0 Å². The van der Waals surface area contributed by atoms with Gasteiger partial charge in [-0.25, -0.2) is 0 Å². The first-order chi connectivity index (χ1) is 8.47. The Labute approximate surface area is 116 Å². The van der Waals surface area contributed by atoms with Crippen molar-refractivity contribution in [2.45, 2.75) is 45.8 Å². The molecule has 1 aliphatic heterocycles. The van der Waals surface area contributed by atoms with Crippen molar-refractivity contribution in [3.8, 4) is 0 Å². The van der Waals surface area contributed by atoms with E-state index in [-0.39, 0.29) is 18.1 Å². The van der Waals surface area contributed by atoms with Gasteiger partial charge in [-0.1, -0.05) is 6.07 Å². The van der Waals surface area contributed by atoms with Gasteiger partial charge in [-0.3, -0.25) is 4.79 Å². The predicted molar refractivity (Wildman–Crippen MR) is 75.8 cm³/mol. The summed E-state index contributed by atoms with van der Waals surface area (Å²) >= 11 is 3.49. The number of ether oxygens (including phenoxy) is 1. The molecule has 1 fully saturated rings. The maximum atomic E-state index is 12.1. The highest BCUT2D eigenvalue weighted by Crippen LogP contribution is 2.29. The molecular formula is C14H18BrNO2. The normalized spacial score (nSPS) is 23.1. The van der Waals surface area contributed by atoms with Gasteiger partial charge < -0.3 is 10.1 Å². The monoisotopic (exact) mass is 311 g/mol. The van der Waals surface area contributed by atoms with E-state index in [1.54, 1.807) is 0 Å². The number of carbonyl (C=O) groups is 1. The van der Waals surface area contributed by atoms with Crippen molar-refractivity contribution in [3.05, 3.63) is 27.7 Å². The lowest BCUT2D eigenvalue weighted by Gasteiger charge is -2.15. The topological polar surface area (TPSA) is 38.3 Å². The molecule has 0 radical (unpaired) electrons. The molecule has 2 atom stereocenters. The first kappa shape index (κ1) is 13.6. The van der Waals surface area contributed by atoms with Gasteiger partial charge in [0.15, 0.2) is 0 Å². The lowest BCUT2D eigenvalue weighted by atomic mass is 10.1. The quantitative estimate of drug-likeness (QED) is 0.906. The Balaban J connectivity index is 2.12.